The number of hydrogen-bond acceptors (Lipinski definition) is 4. The zero-order chi connectivity index (χ0) is 11.8. The lowest BCUT2D eigenvalue weighted by atomic mass is 10.3. The highest BCUT2D eigenvalue weighted by atomic mass is 15.5. The van der Waals surface area contributed by atoms with Crippen molar-refractivity contribution in [2.24, 2.45) is 0 Å². The lowest BCUT2D eigenvalue weighted by molar-refractivity contribution is 0.142. The van der Waals surface area contributed by atoms with E-state index >= 15 is 0 Å². The van der Waals surface area contributed by atoms with Crippen LogP contribution in [0.3, 0.4) is 0 Å². The van der Waals surface area contributed by atoms with Crippen LogP contribution in [0.15, 0.2) is 18.3 Å². The molecule has 17 heavy (non-hydrogen) atoms. The average Bonchev–Trinajstić information content (AvgIpc) is 2.94. The maximum absolute atomic E-state index is 4.39. The van der Waals surface area contributed by atoms with E-state index in [4.69, 9.17) is 0 Å². The van der Waals surface area contributed by atoms with Gasteiger partial charge in [0, 0.05) is 18.8 Å². The molecular formula is C12H17N5. The first-order valence-electron chi connectivity index (χ1n) is 6.19. The third kappa shape index (κ3) is 1.70. The van der Waals surface area contributed by atoms with E-state index in [0.717, 1.165) is 24.1 Å². The highest BCUT2D eigenvalue weighted by molar-refractivity contribution is 5.68. The van der Waals surface area contributed by atoms with Gasteiger partial charge < -0.3 is 0 Å². The van der Waals surface area contributed by atoms with E-state index in [0.29, 0.717) is 12.2 Å². The molecule has 0 aliphatic carbocycles. The van der Waals surface area contributed by atoms with Gasteiger partial charge in [-0.25, -0.2) is 9.67 Å². The summed E-state index contributed by atoms with van der Waals surface area (Å²) in [6, 6.07) is 4.39. The molecule has 1 unspecified atom stereocenters. The van der Waals surface area contributed by atoms with Crippen molar-refractivity contribution in [2.75, 3.05) is 6.54 Å². The molecule has 2 aromatic heterocycles. The number of hydrogen-bond donors (Lipinski definition) is 0. The van der Waals surface area contributed by atoms with Gasteiger partial charge in [-0.05, 0) is 38.8 Å². The molecule has 5 nitrogen and oxygen atoms in total. The molecule has 1 aliphatic heterocycles. The van der Waals surface area contributed by atoms with Gasteiger partial charge in [-0.15, -0.1) is 5.10 Å². The second-order valence-electron chi connectivity index (χ2n) is 4.83. The summed E-state index contributed by atoms with van der Waals surface area (Å²) in [5, 5.41) is 8.45. The number of rotatable bonds is 2. The van der Waals surface area contributed by atoms with Crippen molar-refractivity contribution in [1.29, 1.82) is 0 Å². The fourth-order valence-corrected chi connectivity index (χ4v) is 2.62. The summed E-state index contributed by atoms with van der Waals surface area (Å²) in [6.07, 6.45) is 4.47. The summed E-state index contributed by atoms with van der Waals surface area (Å²) < 4.78 is 1.97. The van der Waals surface area contributed by atoms with Gasteiger partial charge in [-0.3, -0.25) is 4.90 Å². The van der Waals surface area contributed by atoms with E-state index in [1.165, 1.54) is 6.42 Å². The SMILES string of the molecule is CC(C)N1CCCC1n1nnc2cccnc21. The first kappa shape index (κ1) is 10.7. The second kappa shape index (κ2) is 4.07. The van der Waals surface area contributed by atoms with E-state index in [-0.39, 0.29) is 0 Å². The summed E-state index contributed by atoms with van der Waals surface area (Å²) in [5.41, 5.74) is 1.77. The third-order valence-corrected chi connectivity index (χ3v) is 3.44. The minimum absolute atomic E-state index is 0.315. The van der Waals surface area contributed by atoms with E-state index in [9.17, 15) is 0 Å². The van der Waals surface area contributed by atoms with Crippen LogP contribution in [-0.4, -0.2) is 37.5 Å². The Hall–Kier alpha value is -1.49. The Kier molecular flexibility index (Phi) is 2.55. The van der Waals surface area contributed by atoms with Gasteiger partial charge in [0.2, 0.25) is 0 Å². The Bertz CT molecular complexity index is 518. The highest BCUT2D eigenvalue weighted by Gasteiger charge is 2.30. The normalized spacial score (nSPS) is 21.7. The maximum atomic E-state index is 4.39. The highest BCUT2D eigenvalue weighted by Crippen LogP contribution is 2.29. The fraction of sp³-hybridized carbons (Fsp3) is 0.583. The van der Waals surface area contributed by atoms with Gasteiger partial charge in [-0.2, -0.15) is 0 Å². The largest absolute Gasteiger partial charge is 0.279 e. The van der Waals surface area contributed by atoms with Crippen molar-refractivity contribution in [1.82, 2.24) is 24.9 Å². The van der Waals surface area contributed by atoms with E-state index in [1.54, 1.807) is 6.20 Å². The molecule has 0 amide bonds. The Morgan fingerprint density at radius 3 is 3.12 bits per heavy atom. The minimum Gasteiger partial charge on any atom is -0.279 e. The van der Waals surface area contributed by atoms with Gasteiger partial charge in [-0.1, -0.05) is 5.21 Å². The maximum Gasteiger partial charge on any atom is 0.180 e. The van der Waals surface area contributed by atoms with Gasteiger partial charge in [0.1, 0.15) is 11.7 Å². The first-order valence-corrected chi connectivity index (χ1v) is 6.19. The molecule has 0 spiro atoms. The molecule has 2 aromatic rings. The smallest absolute Gasteiger partial charge is 0.180 e. The molecule has 3 rings (SSSR count). The van der Waals surface area contributed by atoms with Crippen molar-refractivity contribution in [2.45, 2.75) is 38.9 Å². The molecular weight excluding hydrogens is 214 g/mol. The van der Waals surface area contributed by atoms with Crippen LogP contribution < -0.4 is 0 Å². The first-order chi connectivity index (χ1) is 8.27. The van der Waals surface area contributed by atoms with Crippen LogP contribution in [0, 0.1) is 0 Å². The summed E-state index contributed by atoms with van der Waals surface area (Å²) in [5.74, 6) is 0. The summed E-state index contributed by atoms with van der Waals surface area (Å²) in [4.78, 5) is 6.85. The molecule has 0 bridgehead atoms. The fourth-order valence-electron chi connectivity index (χ4n) is 2.62. The molecule has 1 atom stereocenters. The Balaban J connectivity index is 2.03. The zero-order valence-corrected chi connectivity index (χ0v) is 10.2. The van der Waals surface area contributed by atoms with Crippen LogP contribution in [0.25, 0.3) is 11.2 Å². The molecule has 1 saturated heterocycles. The summed E-state index contributed by atoms with van der Waals surface area (Å²) >= 11 is 0. The van der Waals surface area contributed by atoms with Crippen molar-refractivity contribution in [3.63, 3.8) is 0 Å². The Morgan fingerprint density at radius 2 is 2.29 bits per heavy atom. The number of pyridine rings is 1. The van der Waals surface area contributed by atoms with E-state index in [1.807, 2.05) is 16.8 Å². The summed E-state index contributed by atoms with van der Waals surface area (Å²) in [7, 11) is 0. The van der Waals surface area contributed by atoms with Gasteiger partial charge in [0.25, 0.3) is 0 Å². The Morgan fingerprint density at radius 1 is 1.41 bits per heavy atom. The lowest BCUT2D eigenvalue weighted by Gasteiger charge is -2.27. The average molecular weight is 231 g/mol. The number of likely N-dealkylation sites (tertiary alicyclic amines) is 1. The molecule has 0 N–H and O–H groups in total. The van der Waals surface area contributed by atoms with Crippen LogP contribution in [-0.2, 0) is 0 Å². The predicted octanol–water partition coefficient (Wildman–Crippen LogP) is 1.83. The number of nitrogens with zero attached hydrogens (tertiary/aromatic N) is 5. The van der Waals surface area contributed by atoms with Crippen LogP contribution in [0.5, 0.6) is 0 Å². The predicted molar refractivity (Wildman–Crippen MR) is 65.4 cm³/mol. The van der Waals surface area contributed by atoms with Crippen molar-refractivity contribution < 1.29 is 0 Å². The van der Waals surface area contributed by atoms with Gasteiger partial charge >= 0.3 is 0 Å². The van der Waals surface area contributed by atoms with Crippen LogP contribution in [0.4, 0.5) is 0 Å². The number of fused-ring (bicyclic) bond motifs is 1. The van der Waals surface area contributed by atoms with E-state index < -0.39 is 0 Å². The van der Waals surface area contributed by atoms with Gasteiger partial charge in [0.05, 0.1) is 0 Å². The quantitative estimate of drug-likeness (QED) is 0.791. The molecule has 0 saturated carbocycles. The topological polar surface area (TPSA) is 46.8 Å². The molecule has 1 fully saturated rings. The monoisotopic (exact) mass is 231 g/mol. The lowest BCUT2D eigenvalue weighted by Crippen LogP contribution is -2.33. The van der Waals surface area contributed by atoms with Crippen molar-refractivity contribution in [3.05, 3.63) is 18.3 Å². The Labute approximate surface area is 100 Å². The van der Waals surface area contributed by atoms with Crippen LogP contribution >= 0.6 is 0 Å². The molecule has 5 heteroatoms. The van der Waals surface area contributed by atoms with Crippen LogP contribution in [0.2, 0.25) is 0 Å². The van der Waals surface area contributed by atoms with Crippen molar-refractivity contribution >= 4 is 11.2 Å². The summed E-state index contributed by atoms with van der Waals surface area (Å²) in [6.45, 7) is 5.59. The van der Waals surface area contributed by atoms with Crippen molar-refractivity contribution in [3.8, 4) is 0 Å². The number of aromatic nitrogens is 4. The molecule has 0 radical (unpaired) electrons. The molecule has 1 aliphatic rings. The zero-order valence-electron chi connectivity index (χ0n) is 10.2. The van der Waals surface area contributed by atoms with Gasteiger partial charge in [0.15, 0.2) is 5.65 Å². The second-order valence-corrected chi connectivity index (χ2v) is 4.83. The molecule has 3 heterocycles. The third-order valence-electron chi connectivity index (χ3n) is 3.44. The van der Waals surface area contributed by atoms with Crippen LogP contribution in [0.1, 0.15) is 32.9 Å². The molecule has 0 aromatic carbocycles. The van der Waals surface area contributed by atoms with E-state index in [2.05, 4.69) is 34.0 Å². The minimum atomic E-state index is 0.315. The molecule has 90 valence electrons. The standard InChI is InChI=1S/C12H17N5/c1-9(2)16-8-4-6-11(16)17-12-10(14-15-17)5-3-7-13-12/h3,5,7,9,11H,4,6,8H2,1-2H3.